The smallest absolute Gasteiger partial charge is 0.410 e. The molecule has 6 heteroatoms. The average Bonchev–Trinajstić information content (AvgIpc) is 2.46. The number of ether oxygens (including phenoxy) is 2. The molecular formula is C14H17F2NO3. The Labute approximate surface area is 116 Å². The highest BCUT2D eigenvalue weighted by atomic mass is 19.3. The van der Waals surface area contributed by atoms with E-state index >= 15 is 0 Å². The topological polar surface area (TPSA) is 38.8 Å². The zero-order chi connectivity index (χ0) is 14.4. The standard InChI is InChI=1S/C14H17F2NO3/c15-13(16)20-12-6-8-17(9-7-12)14(18)19-10-11-4-2-1-3-5-11/h1-5,12-13H,6-10H2. The fraction of sp³-hybridized carbons (Fsp3) is 0.500. The number of hydrogen-bond donors (Lipinski definition) is 0. The van der Waals surface area contributed by atoms with Crippen molar-refractivity contribution in [1.29, 1.82) is 0 Å². The first-order chi connectivity index (χ1) is 9.65. The predicted octanol–water partition coefficient (Wildman–Crippen LogP) is 3.03. The van der Waals surface area contributed by atoms with Gasteiger partial charge in [-0.15, -0.1) is 0 Å². The minimum atomic E-state index is -2.75. The molecule has 1 aromatic carbocycles. The van der Waals surface area contributed by atoms with Crippen LogP contribution in [0.25, 0.3) is 0 Å². The van der Waals surface area contributed by atoms with Gasteiger partial charge in [-0.3, -0.25) is 0 Å². The van der Waals surface area contributed by atoms with Crippen molar-refractivity contribution in [3.63, 3.8) is 0 Å². The van der Waals surface area contributed by atoms with Gasteiger partial charge < -0.3 is 14.4 Å². The third-order valence-corrected chi connectivity index (χ3v) is 3.20. The van der Waals surface area contributed by atoms with Gasteiger partial charge in [0, 0.05) is 13.1 Å². The van der Waals surface area contributed by atoms with Crippen LogP contribution < -0.4 is 0 Å². The van der Waals surface area contributed by atoms with E-state index in [1.165, 1.54) is 4.90 Å². The number of piperidine rings is 1. The SMILES string of the molecule is O=C(OCc1ccccc1)N1CCC(OC(F)F)CC1. The Morgan fingerprint density at radius 2 is 1.90 bits per heavy atom. The Balaban J connectivity index is 1.72. The van der Waals surface area contributed by atoms with Gasteiger partial charge in [-0.1, -0.05) is 30.3 Å². The molecule has 110 valence electrons. The zero-order valence-corrected chi connectivity index (χ0v) is 11.0. The second-order valence-corrected chi connectivity index (χ2v) is 4.62. The van der Waals surface area contributed by atoms with Crippen LogP contribution in [-0.4, -0.2) is 36.8 Å². The summed E-state index contributed by atoms with van der Waals surface area (Å²) in [6.07, 6.45) is -0.0761. The van der Waals surface area contributed by atoms with E-state index in [0.29, 0.717) is 25.9 Å². The Hall–Kier alpha value is -1.69. The van der Waals surface area contributed by atoms with E-state index in [-0.39, 0.29) is 6.61 Å². The molecule has 2 rings (SSSR count). The fourth-order valence-electron chi connectivity index (χ4n) is 2.13. The molecule has 0 unspecified atom stereocenters. The van der Waals surface area contributed by atoms with Gasteiger partial charge in [0.1, 0.15) is 6.61 Å². The Morgan fingerprint density at radius 1 is 1.25 bits per heavy atom. The largest absolute Gasteiger partial charge is 0.445 e. The number of benzene rings is 1. The first-order valence-corrected chi connectivity index (χ1v) is 6.54. The number of carbonyl (C=O) groups excluding carboxylic acids is 1. The first kappa shape index (κ1) is 14.7. The minimum Gasteiger partial charge on any atom is -0.445 e. The Kier molecular flexibility index (Phi) is 5.29. The van der Waals surface area contributed by atoms with Crippen molar-refractivity contribution in [3.8, 4) is 0 Å². The molecule has 1 saturated heterocycles. The van der Waals surface area contributed by atoms with E-state index in [0.717, 1.165) is 5.56 Å². The number of carbonyl (C=O) groups is 1. The second-order valence-electron chi connectivity index (χ2n) is 4.62. The number of amides is 1. The lowest BCUT2D eigenvalue weighted by atomic mass is 10.1. The maximum absolute atomic E-state index is 12.1. The van der Waals surface area contributed by atoms with Crippen molar-refractivity contribution in [1.82, 2.24) is 4.90 Å². The summed E-state index contributed by atoms with van der Waals surface area (Å²) in [5, 5.41) is 0. The zero-order valence-electron chi connectivity index (χ0n) is 11.0. The highest BCUT2D eigenvalue weighted by Gasteiger charge is 2.25. The number of rotatable bonds is 4. The molecule has 1 fully saturated rings. The molecule has 0 radical (unpaired) electrons. The second kappa shape index (κ2) is 7.19. The number of hydrogen-bond acceptors (Lipinski definition) is 3. The maximum Gasteiger partial charge on any atom is 0.410 e. The molecule has 20 heavy (non-hydrogen) atoms. The van der Waals surface area contributed by atoms with E-state index in [1.807, 2.05) is 30.3 Å². The molecule has 1 aromatic rings. The molecular weight excluding hydrogens is 268 g/mol. The third-order valence-electron chi connectivity index (χ3n) is 3.20. The van der Waals surface area contributed by atoms with Gasteiger partial charge in [-0.05, 0) is 18.4 Å². The van der Waals surface area contributed by atoms with Crippen LogP contribution in [0.3, 0.4) is 0 Å². The van der Waals surface area contributed by atoms with Gasteiger partial charge in [0.25, 0.3) is 0 Å². The van der Waals surface area contributed by atoms with Crippen LogP contribution in [0.4, 0.5) is 13.6 Å². The van der Waals surface area contributed by atoms with E-state index in [2.05, 4.69) is 4.74 Å². The first-order valence-electron chi connectivity index (χ1n) is 6.54. The molecule has 1 amide bonds. The number of likely N-dealkylation sites (tertiary alicyclic amines) is 1. The normalized spacial score (nSPS) is 16.4. The third kappa shape index (κ3) is 4.45. The van der Waals surface area contributed by atoms with Crippen LogP contribution in [-0.2, 0) is 16.1 Å². The van der Waals surface area contributed by atoms with Crippen molar-refractivity contribution in [3.05, 3.63) is 35.9 Å². The molecule has 0 atom stereocenters. The van der Waals surface area contributed by atoms with Crippen molar-refractivity contribution in [2.75, 3.05) is 13.1 Å². The van der Waals surface area contributed by atoms with Gasteiger partial charge >= 0.3 is 12.7 Å². The lowest BCUT2D eigenvalue weighted by molar-refractivity contribution is -0.171. The van der Waals surface area contributed by atoms with Gasteiger partial charge in [0.2, 0.25) is 0 Å². The van der Waals surface area contributed by atoms with Crippen molar-refractivity contribution in [2.24, 2.45) is 0 Å². The van der Waals surface area contributed by atoms with Crippen LogP contribution >= 0.6 is 0 Å². The molecule has 0 saturated carbocycles. The Morgan fingerprint density at radius 3 is 2.50 bits per heavy atom. The van der Waals surface area contributed by atoms with Gasteiger partial charge in [0.15, 0.2) is 0 Å². The van der Waals surface area contributed by atoms with Crippen molar-refractivity contribution in [2.45, 2.75) is 32.2 Å². The summed E-state index contributed by atoms with van der Waals surface area (Å²) in [5.41, 5.74) is 0.914. The molecule has 0 bridgehead atoms. The van der Waals surface area contributed by atoms with Gasteiger partial charge in [0.05, 0.1) is 6.10 Å². The molecule has 4 nitrogen and oxygen atoms in total. The lowest BCUT2D eigenvalue weighted by Crippen LogP contribution is -2.41. The monoisotopic (exact) mass is 285 g/mol. The van der Waals surface area contributed by atoms with Crippen molar-refractivity contribution >= 4 is 6.09 Å². The lowest BCUT2D eigenvalue weighted by Gasteiger charge is -2.30. The molecule has 0 N–H and O–H groups in total. The minimum absolute atomic E-state index is 0.215. The summed E-state index contributed by atoms with van der Waals surface area (Å²) in [6, 6.07) is 9.37. The van der Waals surface area contributed by atoms with Gasteiger partial charge in [-0.2, -0.15) is 8.78 Å². The Bertz CT molecular complexity index is 420. The van der Waals surface area contributed by atoms with E-state index in [9.17, 15) is 13.6 Å². The maximum atomic E-state index is 12.1. The van der Waals surface area contributed by atoms with Crippen LogP contribution in [0.5, 0.6) is 0 Å². The number of halogens is 2. The van der Waals surface area contributed by atoms with Crippen LogP contribution in [0, 0.1) is 0 Å². The number of alkyl halides is 2. The van der Waals surface area contributed by atoms with Crippen LogP contribution in [0.1, 0.15) is 18.4 Å². The highest BCUT2D eigenvalue weighted by Crippen LogP contribution is 2.17. The van der Waals surface area contributed by atoms with E-state index in [4.69, 9.17) is 4.74 Å². The summed E-state index contributed by atoms with van der Waals surface area (Å²) < 4.78 is 33.7. The molecule has 1 aliphatic heterocycles. The van der Waals surface area contributed by atoms with E-state index < -0.39 is 18.8 Å². The summed E-state index contributed by atoms with van der Waals surface area (Å²) >= 11 is 0. The average molecular weight is 285 g/mol. The van der Waals surface area contributed by atoms with Crippen molar-refractivity contribution < 1.29 is 23.0 Å². The summed E-state index contributed by atoms with van der Waals surface area (Å²) in [4.78, 5) is 13.3. The van der Waals surface area contributed by atoms with Crippen LogP contribution in [0.2, 0.25) is 0 Å². The fourth-order valence-corrected chi connectivity index (χ4v) is 2.13. The van der Waals surface area contributed by atoms with Crippen LogP contribution in [0.15, 0.2) is 30.3 Å². The summed E-state index contributed by atoms with van der Waals surface area (Å²) in [5.74, 6) is 0. The molecule has 0 aliphatic carbocycles. The highest BCUT2D eigenvalue weighted by molar-refractivity contribution is 5.67. The summed E-state index contributed by atoms with van der Waals surface area (Å²) in [7, 11) is 0. The molecule has 1 heterocycles. The molecule has 0 aromatic heterocycles. The number of nitrogens with zero attached hydrogens (tertiary/aromatic N) is 1. The van der Waals surface area contributed by atoms with Gasteiger partial charge in [-0.25, -0.2) is 4.79 Å². The summed E-state index contributed by atoms with van der Waals surface area (Å²) in [6.45, 7) is -1.78. The molecule has 1 aliphatic rings. The molecule has 0 spiro atoms. The predicted molar refractivity (Wildman–Crippen MR) is 68.3 cm³/mol. The van der Waals surface area contributed by atoms with E-state index in [1.54, 1.807) is 0 Å². The quantitative estimate of drug-likeness (QED) is 0.853.